The zero-order valence-electron chi connectivity index (χ0n) is 15.7. The van der Waals surface area contributed by atoms with E-state index in [4.69, 9.17) is 16.3 Å². The lowest BCUT2D eigenvalue weighted by Crippen LogP contribution is -2.40. The van der Waals surface area contributed by atoms with Crippen molar-refractivity contribution in [2.75, 3.05) is 43.5 Å². The Morgan fingerprint density at radius 3 is 2.62 bits per heavy atom. The highest BCUT2D eigenvalue weighted by Gasteiger charge is 2.29. The molecular formula is C20H21ClN2O4S2. The summed E-state index contributed by atoms with van der Waals surface area (Å²) in [6.07, 6.45) is 0.842. The molecule has 2 aliphatic heterocycles. The lowest BCUT2D eigenvalue weighted by atomic mass is 10.1. The Labute approximate surface area is 179 Å². The summed E-state index contributed by atoms with van der Waals surface area (Å²) in [5.74, 6) is 0.629. The Bertz CT molecular complexity index is 1020. The van der Waals surface area contributed by atoms with E-state index in [0.29, 0.717) is 32.8 Å². The van der Waals surface area contributed by atoms with Gasteiger partial charge in [0.2, 0.25) is 10.0 Å². The minimum absolute atomic E-state index is 0.0737. The molecule has 0 atom stereocenters. The number of benzene rings is 2. The molecule has 0 N–H and O–H groups in total. The zero-order valence-corrected chi connectivity index (χ0v) is 18.1. The van der Waals surface area contributed by atoms with Crippen LogP contribution < -0.4 is 4.90 Å². The predicted molar refractivity (Wildman–Crippen MR) is 114 cm³/mol. The number of carbonyl (C=O) groups is 1. The molecule has 1 saturated heterocycles. The maximum absolute atomic E-state index is 13.4. The molecule has 0 unspecified atom stereocenters. The molecule has 1 amide bonds. The van der Waals surface area contributed by atoms with Crippen molar-refractivity contribution in [3.63, 3.8) is 0 Å². The highest BCUT2D eigenvalue weighted by atomic mass is 35.5. The Kier molecular flexibility index (Phi) is 6.17. The van der Waals surface area contributed by atoms with Crippen LogP contribution in [0.4, 0.5) is 5.69 Å². The van der Waals surface area contributed by atoms with Gasteiger partial charge in [-0.2, -0.15) is 4.31 Å². The molecule has 154 valence electrons. The van der Waals surface area contributed by atoms with E-state index in [2.05, 4.69) is 0 Å². The number of ether oxygens (including phenoxy) is 1. The van der Waals surface area contributed by atoms with Gasteiger partial charge >= 0.3 is 0 Å². The van der Waals surface area contributed by atoms with E-state index in [1.54, 1.807) is 16.7 Å². The number of fused-ring (bicyclic) bond motifs is 1. The number of hydrogen-bond donors (Lipinski definition) is 0. The van der Waals surface area contributed by atoms with E-state index in [1.165, 1.54) is 22.5 Å². The average Bonchev–Trinajstić information content (AvgIpc) is 2.96. The van der Waals surface area contributed by atoms with Gasteiger partial charge in [0.05, 0.1) is 34.4 Å². The predicted octanol–water partition coefficient (Wildman–Crippen LogP) is 3.50. The molecule has 0 saturated carbocycles. The maximum atomic E-state index is 13.4. The van der Waals surface area contributed by atoms with Crippen LogP contribution in [-0.4, -0.2) is 57.2 Å². The minimum Gasteiger partial charge on any atom is -0.379 e. The van der Waals surface area contributed by atoms with Gasteiger partial charge in [-0.1, -0.05) is 23.7 Å². The van der Waals surface area contributed by atoms with Crippen molar-refractivity contribution >= 4 is 45.0 Å². The molecule has 2 aromatic carbocycles. The maximum Gasteiger partial charge on any atom is 0.259 e. The van der Waals surface area contributed by atoms with Crippen LogP contribution in [0.3, 0.4) is 0 Å². The number of carbonyl (C=O) groups excluding carboxylic acids is 1. The summed E-state index contributed by atoms with van der Waals surface area (Å²) in [6, 6.07) is 12.1. The van der Waals surface area contributed by atoms with Gasteiger partial charge in [-0.25, -0.2) is 8.42 Å². The number of amides is 1. The third kappa shape index (κ3) is 4.18. The van der Waals surface area contributed by atoms with Crippen molar-refractivity contribution in [3.05, 3.63) is 53.1 Å². The molecule has 4 rings (SSSR count). The second-order valence-corrected chi connectivity index (χ2v) is 10.3. The number of para-hydroxylation sites is 1. The standard InChI is InChI=1S/C20H21ClN2O4S2/c21-17-7-6-15(29(25,26)22-9-11-27-12-10-22)14-16(17)20(24)23-8-3-13-28-19-5-2-1-4-18(19)23/h1-2,4-7,14H,3,8-13H2. The summed E-state index contributed by atoms with van der Waals surface area (Å²) in [5.41, 5.74) is 1.03. The molecule has 0 aromatic heterocycles. The van der Waals surface area contributed by atoms with Crippen LogP contribution in [0.25, 0.3) is 0 Å². The summed E-state index contributed by atoms with van der Waals surface area (Å²) >= 11 is 8.05. The number of nitrogens with zero attached hydrogens (tertiary/aromatic N) is 2. The first-order valence-corrected chi connectivity index (χ1v) is 12.2. The van der Waals surface area contributed by atoms with Gasteiger partial charge in [0.25, 0.3) is 5.91 Å². The Morgan fingerprint density at radius 1 is 1.07 bits per heavy atom. The number of halogens is 1. The van der Waals surface area contributed by atoms with Crippen molar-refractivity contribution in [1.29, 1.82) is 0 Å². The molecule has 6 nitrogen and oxygen atoms in total. The van der Waals surface area contributed by atoms with E-state index >= 15 is 0 Å². The fourth-order valence-corrected chi connectivity index (χ4v) is 6.08. The van der Waals surface area contributed by atoms with Crippen LogP contribution in [0.1, 0.15) is 16.8 Å². The van der Waals surface area contributed by atoms with Crippen LogP contribution in [0.5, 0.6) is 0 Å². The van der Waals surface area contributed by atoms with Gasteiger partial charge in [-0.3, -0.25) is 4.79 Å². The van der Waals surface area contributed by atoms with Gasteiger partial charge < -0.3 is 9.64 Å². The van der Waals surface area contributed by atoms with Crippen molar-refractivity contribution in [1.82, 2.24) is 4.31 Å². The monoisotopic (exact) mass is 452 g/mol. The van der Waals surface area contributed by atoms with Crippen molar-refractivity contribution < 1.29 is 17.9 Å². The minimum atomic E-state index is -3.71. The van der Waals surface area contributed by atoms with Gasteiger partial charge in [0.1, 0.15) is 0 Å². The number of thioether (sulfide) groups is 1. The fraction of sp³-hybridized carbons (Fsp3) is 0.350. The quantitative estimate of drug-likeness (QED) is 0.713. The number of anilines is 1. The molecule has 2 aliphatic rings. The Balaban J connectivity index is 1.70. The summed E-state index contributed by atoms with van der Waals surface area (Å²) in [4.78, 5) is 16.2. The molecule has 1 fully saturated rings. The van der Waals surface area contributed by atoms with Gasteiger partial charge in [-0.05, 0) is 42.5 Å². The Hall–Kier alpha value is -1.58. The lowest BCUT2D eigenvalue weighted by molar-refractivity contribution is 0.0730. The van der Waals surface area contributed by atoms with E-state index in [-0.39, 0.29) is 21.4 Å². The fourth-order valence-electron chi connectivity index (χ4n) is 3.45. The van der Waals surface area contributed by atoms with Gasteiger partial charge in [0, 0.05) is 24.5 Å². The van der Waals surface area contributed by atoms with Crippen LogP contribution in [0, 0.1) is 0 Å². The zero-order chi connectivity index (χ0) is 20.4. The summed E-state index contributed by atoms with van der Waals surface area (Å²) < 4.78 is 32.6. The summed E-state index contributed by atoms with van der Waals surface area (Å²) in [5, 5.41) is 0.241. The molecule has 0 radical (unpaired) electrons. The summed E-state index contributed by atoms with van der Waals surface area (Å²) in [6.45, 7) is 1.87. The van der Waals surface area contributed by atoms with E-state index in [1.807, 2.05) is 24.3 Å². The Morgan fingerprint density at radius 2 is 1.83 bits per heavy atom. The van der Waals surface area contributed by atoms with Crippen LogP contribution in [-0.2, 0) is 14.8 Å². The first-order chi connectivity index (χ1) is 14.0. The normalized spacial score (nSPS) is 18.2. The first kappa shape index (κ1) is 20.7. The third-order valence-electron chi connectivity index (χ3n) is 4.96. The molecule has 9 heteroatoms. The van der Waals surface area contributed by atoms with E-state index in [9.17, 15) is 13.2 Å². The van der Waals surface area contributed by atoms with Crippen molar-refractivity contribution in [2.24, 2.45) is 0 Å². The number of hydrogen-bond acceptors (Lipinski definition) is 5. The van der Waals surface area contributed by atoms with Crippen molar-refractivity contribution in [2.45, 2.75) is 16.2 Å². The van der Waals surface area contributed by atoms with Crippen LogP contribution in [0.15, 0.2) is 52.3 Å². The third-order valence-corrected chi connectivity index (χ3v) is 8.33. The van der Waals surface area contributed by atoms with Gasteiger partial charge in [0.15, 0.2) is 0 Å². The van der Waals surface area contributed by atoms with E-state index in [0.717, 1.165) is 22.8 Å². The summed E-state index contributed by atoms with van der Waals surface area (Å²) in [7, 11) is -3.71. The first-order valence-electron chi connectivity index (χ1n) is 9.39. The molecule has 0 aliphatic carbocycles. The highest BCUT2D eigenvalue weighted by Crippen LogP contribution is 2.35. The second kappa shape index (κ2) is 8.65. The number of sulfonamides is 1. The lowest BCUT2D eigenvalue weighted by Gasteiger charge is -2.27. The number of rotatable bonds is 3. The van der Waals surface area contributed by atoms with Crippen molar-refractivity contribution in [3.8, 4) is 0 Å². The molecule has 0 bridgehead atoms. The van der Waals surface area contributed by atoms with Gasteiger partial charge in [-0.15, -0.1) is 11.8 Å². The average molecular weight is 453 g/mol. The molecule has 2 aromatic rings. The SMILES string of the molecule is O=C(c1cc(S(=O)(=O)N2CCOCC2)ccc1Cl)N1CCCSc2ccccc21. The van der Waals surface area contributed by atoms with E-state index < -0.39 is 10.0 Å². The smallest absolute Gasteiger partial charge is 0.259 e. The molecular weight excluding hydrogens is 432 g/mol. The molecule has 2 heterocycles. The van der Waals surface area contributed by atoms with Crippen LogP contribution >= 0.6 is 23.4 Å². The number of morpholine rings is 1. The molecule has 0 spiro atoms. The highest BCUT2D eigenvalue weighted by molar-refractivity contribution is 7.99. The van der Waals surface area contributed by atoms with Crippen LogP contribution in [0.2, 0.25) is 5.02 Å². The molecule has 29 heavy (non-hydrogen) atoms. The topological polar surface area (TPSA) is 66.9 Å². The largest absolute Gasteiger partial charge is 0.379 e. The second-order valence-electron chi connectivity index (χ2n) is 6.78.